The average Bonchev–Trinajstić information content (AvgIpc) is 2.30. The van der Waals surface area contributed by atoms with Crippen molar-refractivity contribution in [2.45, 2.75) is 39.7 Å². The molecule has 0 bridgehead atoms. The third-order valence-corrected chi connectivity index (χ3v) is 1.86. The standard InChI is InChI=1S/C9H17N3/c1-6(2)8-5-9(10)12(11-8)7(3)4/h5-7H,10H2,1-4H3. The van der Waals surface area contributed by atoms with Gasteiger partial charge in [0.2, 0.25) is 0 Å². The van der Waals surface area contributed by atoms with Crippen molar-refractivity contribution in [1.82, 2.24) is 9.78 Å². The second-order valence-electron chi connectivity index (χ2n) is 3.69. The lowest BCUT2D eigenvalue weighted by Gasteiger charge is -2.06. The maximum absolute atomic E-state index is 5.78. The summed E-state index contributed by atoms with van der Waals surface area (Å²) in [4.78, 5) is 0. The topological polar surface area (TPSA) is 43.8 Å². The van der Waals surface area contributed by atoms with Gasteiger partial charge in [-0.15, -0.1) is 0 Å². The van der Waals surface area contributed by atoms with E-state index in [1.54, 1.807) is 0 Å². The zero-order chi connectivity index (χ0) is 9.30. The molecule has 1 aromatic heterocycles. The zero-order valence-corrected chi connectivity index (χ0v) is 8.20. The van der Waals surface area contributed by atoms with Gasteiger partial charge in [-0.1, -0.05) is 13.8 Å². The van der Waals surface area contributed by atoms with Crippen molar-refractivity contribution < 1.29 is 0 Å². The summed E-state index contributed by atoms with van der Waals surface area (Å²) < 4.78 is 1.86. The number of rotatable bonds is 2. The van der Waals surface area contributed by atoms with E-state index in [1.165, 1.54) is 0 Å². The SMILES string of the molecule is CC(C)c1cc(N)n(C(C)C)n1. The highest BCUT2D eigenvalue weighted by Gasteiger charge is 2.09. The highest BCUT2D eigenvalue weighted by Crippen LogP contribution is 2.18. The van der Waals surface area contributed by atoms with Crippen molar-refractivity contribution >= 4 is 5.82 Å². The van der Waals surface area contributed by atoms with Gasteiger partial charge in [0.15, 0.2) is 0 Å². The van der Waals surface area contributed by atoms with E-state index in [1.807, 2.05) is 10.7 Å². The van der Waals surface area contributed by atoms with Gasteiger partial charge in [-0.2, -0.15) is 5.10 Å². The fourth-order valence-electron chi connectivity index (χ4n) is 1.12. The van der Waals surface area contributed by atoms with Crippen LogP contribution in [0.25, 0.3) is 0 Å². The fraction of sp³-hybridized carbons (Fsp3) is 0.667. The lowest BCUT2D eigenvalue weighted by molar-refractivity contribution is 0.530. The van der Waals surface area contributed by atoms with Crippen molar-refractivity contribution in [2.75, 3.05) is 5.73 Å². The van der Waals surface area contributed by atoms with Crippen molar-refractivity contribution in [3.8, 4) is 0 Å². The zero-order valence-electron chi connectivity index (χ0n) is 8.20. The van der Waals surface area contributed by atoms with Crippen LogP contribution >= 0.6 is 0 Å². The molecule has 2 N–H and O–H groups in total. The smallest absolute Gasteiger partial charge is 0.122 e. The Balaban J connectivity index is 3.00. The van der Waals surface area contributed by atoms with E-state index in [0.717, 1.165) is 11.5 Å². The monoisotopic (exact) mass is 167 g/mol. The van der Waals surface area contributed by atoms with Gasteiger partial charge < -0.3 is 5.73 Å². The second-order valence-corrected chi connectivity index (χ2v) is 3.69. The first kappa shape index (κ1) is 9.10. The fourth-order valence-corrected chi connectivity index (χ4v) is 1.12. The molecule has 1 aromatic rings. The third-order valence-electron chi connectivity index (χ3n) is 1.86. The summed E-state index contributed by atoms with van der Waals surface area (Å²) in [5, 5.41) is 4.40. The highest BCUT2D eigenvalue weighted by atomic mass is 15.3. The van der Waals surface area contributed by atoms with Crippen LogP contribution in [0.4, 0.5) is 5.82 Å². The maximum Gasteiger partial charge on any atom is 0.122 e. The van der Waals surface area contributed by atoms with Crippen LogP contribution in [0.3, 0.4) is 0 Å². The molecule has 0 aliphatic heterocycles. The number of hydrogen-bond acceptors (Lipinski definition) is 2. The van der Waals surface area contributed by atoms with Crippen LogP contribution in [-0.2, 0) is 0 Å². The number of aromatic nitrogens is 2. The predicted octanol–water partition coefficient (Wildman–Crippen LogP) is 2.17. The Bertz CT molecular complexity index is 261. The van der Waals surface area contributed by atoms with Crippen LogP contribution in [0.2, 0.25) is 0 Å². The van der Waals surface area contributed by atoms with Gasteiger partial charge in [0, 0.05) is 12.1 Å². The first-order valence-electron chi connectivity index (χ1n) is 4.37. The lowest BCUT2D eigenvalue weighted by Crippen LogP contribution is -2.07. The molecule has 0 saturated carbocycles. The van der Waals surface area contributed by atoms with E-state index >= 15 is 0 Å². The molecule has 1 rings (SSSR count). The second kappa shape index (κ2) is 3.17. The van der Waals surface area contributed by atoms with Crippen LogP contribution in [0.1, 0.15) is 45.3 Å². The molecule has 0 aliphatic rings. The van der Waals surface area contributed by atoms with Crippen molar-refractivity contribution in [1.29, 1.82) is 0 Å². The van der Waals surface area contributed by atoms with Crippen LogP contribution in [0.15, 0.2) is 6.07 Å². The number of anilines is 1. The average molecular weight is 167 g/mol. The highest BCUT2D eigenvalue weighted by molar-refractivity contribution is 5.32. The molecule has 12 heavy (non-hydrogen) atoms. The first-order chi connectivity index (χ1) is 5.52. The van der Waals surface area contributed by atoms with E-state index < -0.39 is 0 Å². The Hall–Kier alpha value is -0.990. The van der Waals surface area contributed by atoms with E-state index in [-0.39, 0.29) is 0 Å². The summed E-state index contributed by atoms with van der Waals surface area (Å²) in [7, 11) is 0. The first-order valence-corrected chi connectivity index (χ1v) is 4.37. The van der Waals surface area contributed by atoms with Crippen molar-refractivity contribution in [2.24, 2.45) is 0 Å². The molecule has 1 heterocycles. The molecule has 0 aliphatic carbocycles. The van der Waals surface area contributed by atoms with Gasteiger partial charge in [-0.25, -0.2) is 4.68 Å². The number of hydrogen-bond donors (Lipinski definition) is 1. The molecule has 3 nitrogen and oxygen atoms in total. The Labute approximate surface area is 73.6 Å². The number of nitrogen functional groups attached to an aromatic ring is 1. The molecular weight excluding hydrogens is 150 g/mol. The molecule has 3 heteroatoms. The Morgan fingerprint density at radius 3 is 2.17 bits per heavy atom. The Morgan fingerprint density at radius 1 is 1.33 bits per heavy atom. The molecule has 0 atom stereocenters. The minimum absolute atomic E-state index is 0.345. The Morgan fingerprint density at radius 2 is 1.92 bits per heavy atom. The number of nitrogens with two attached hydrogens (primary N) is 1. The molecule has 0 unspecified atom stereocenters. The summed E-state index contributed by atoms with van der Waals surface area (Å²) >= 11 is 0. The van der Waals surface area contributed by atoms with Gasteiger partial charge in [0.1, 0.15) is 5.82 Å². The summed E-state index contributed by atoms with van der Waals surface area (Å²) in [6.07, 6.45) is 0. The van der Waals surface area contributed by atoms with E-state index in [2.05, 4.69) is 32.8 Å². The maximum atomic E-state index is 5.78. The van der Waals surface area contributed by atoms with E-state index in [0.29, 0.717) is 12.0 Å². The van der Waals surface area contributed by atoms with Crippen molar-refractivity contribution in [3.05, 3.63) is 11.8 Å². The van der Waals surface area contributed by atoms with Crippen LogP contribution in [0.5, 0.6) is 0 Å². The molecule has 0 radical (unpaired) electrons. The quantitative estimate of drug-likeness (QED) is 0.733. The summed E-state index contributed by atoms with van der Waals surface area (Å²) in [6.45, 7) is 8.39. The van der Waals surface area contributed by atoms with Gasteiger partial charge in [-0.3, -0.25) is 0 Å². The molecule has 0 spiro atoms. The van der Waals surface area contributed by atoms with Crippen molar-refractivity contribution in [3.63, 3.8) is 0 Å². The molecule has 0 amide bonds. The van der Waals surface area contributed by atoms with Crippen LogP contribution < -0.4 is 5.73 Å². The Kier molecular flexibility index (Phi) is 2.40. The third kappa shape index (κ3) is 1.60. The lowest BCUT2D eigenvalue weighted by atomic mass is 10.1. The van der Waals surface area contributed by atoms with Gasteiger partial charge in [-0.05, 0) is 19.8 Å². The minimum atomic E-state index is 0.345. The normalized spacial score (nSPS) is 11.5. The summed E-state index contributed by atoms with van der Waals surface area (Å²) in [5.74, 6) is 1.21. The van der Waals surface area contributed by atoms with E-state index in [9.17, 15) is 0 Å². The molecule has 0 saturated heterocycles. The molecule has 0 fully saturated rings. The van der Waals surface area contributed by atoms with Gasteiger partial charge in [0.05, 0.1) is 5.69 Å². The molecule has 68 valence electrons. The minimum Gasteiger partial charge on any atom is -0.384 e. The summed E-state index contributed by atoms with van der Waals surface area (Å²) in [6, 6.07) is 2.29. The van der Waals surface area contributed by atoms with Crippen LogP contribution in [-0.4, -0.2) is 9.78 Å². The largest absolute Gasteiger partial charge is 0.384 e. The number of nitrogens with zero attached hydrogens (tertiary/aromatic N) is 2. The summed E-state index contributed by atoms with van der Waals surface area (Å²) in [5.41, 5.74) is 6.85. The van der Waals surface area contributed by atoms with E-state index in [4.69, 9.17) is 5.73 Å². The predicted molar refractivity (Wildman–Crippen MR) is 51.1 cm³/mol. The molecular formula is C9H17N3. The van der Waals surface area contributed by atoms with Crippen LogP contribution in [0, 0.1) is 0 Å². The van der Waals surface area contributed by atoms with Gasteiger partial charge >= 0.3 is 0 Å². The van der Waals surface area contributed by atoms with Gasteiger partial charge in [0.25, 0.3) is 0 Å². The molecule has 0 aromatic carbocycles.